The lowest BCUT2D eigenvalue weighted by Gasteiger charge is -2.23. The second-order valence-corrected chi connectivity index (χ2v) is 9.83. The van der Waals surface area contributed by atoms with E-state index in [-0.39, 0.29) is 11.3 Å². The highest BCUT2D eigenvalue weighted by Crippen LogP contribution is 2.44. The summed E-state index contributed by atoms with van der Waals surface area (Å²) in [6, 6.07) is 6.18. The Kier molecular flexibility index (Phi) is 5.28. The van der Waals surface area contributed by atoms with Crippen molar-refractivity contribution in [3.8, 4) is 0 Å². The van der Waals surface area contributed by atoms with Crippen molar-refractivity contribution in [3.63, 3.8) is 0 Å². The van der Waals surface area contributed by atoms with Crippen molar-refractivity contribution in [1.82, 2.24) is 10.3 Å². The molecule has 1 heterocycles. The summed E-state index contributed by atoms with van der Waals surface area (Å²) in [6.07, 6.45) is 5.96. The first kappa shape index (κ1) is 20.1. The van der Waals surface area contributed by atoms with Crippen LogP contribution in [0.5, 0.6) is 0 Å². The number of hydrogen-bond acceptors (Lipinski definition) is 4. The fourth-order valence-corrected chi connectivity index (χ4v) is 4.47. The lowest BCUT2D eigenvalue weighted by molar-refractivity contribution is 0.0929. The van der Waals surface area contributed by atoms with Gasteiger partial charge >= 0.3 is 0 Å². The van der Waals surface area contributed by atoms with Gasteiger partial charge in [0, 0.05) is 24.7 Å². The highest BCUT2D eigenvalue weighted by molar-refractivity contribution is 6.00. The molecular formula is C24H33N3O2. The molecule has 0 bridgehead atoms. The van der Waals surface area contributed by atoms with Gasteiger partial charge in [-0.2, -0.15) is 0 Å². The predicted molar refractivity (Wildman–Crippen MR) is 117 cm³/mol. The maximum Gasteiger partial charge on any atom is 0.269 e. The van der Waals surface area contributed by atoms with Crippen LogP contribution in [0.15, 0.2) is 18.2 Å². The Morgan fingerprint density at radius 2 is 1.97 bits per heavy atom. The van der Waals surface area contributed by atoms with Crippen LogP contribution in [0.25, 0.3) is 10.9 Å². The van der Waals surface area contributed by atoms with Crippen molar-refractivity contribution in [1.29, 1.82) is 0 Å². The van der Waals surface area contributed by atoms with Crippen LogP contribution in [0.4, 0.5) is 5.69 Å². The maximum absolute atomic E-state index is 12.8. The molecule has 4 rings (SSSR count). The molecule has 2 atom stereocenters. The molecule has 0 unspecified atom stereocenters. The third-order valence-electron chi connectivity index (χ3n) is 6.43. The van der Waals surface area contributed by atoms with Gasteiger partial charge in [-0.3, -0.25) is 4.79 Å². The first-order chi connectivity index (χ1) is 13.8. The Labute approximate surface area is 173 Å². The molecule has 2 aliphatic carbocycles. The van der Waals surface area contributed by atoms with Crippen molar-refractivity contribution in [3.05, 3.63) is 35.0 Å². The molecule has 29 heavy (non-hydrogen) atoms. The number of nitrogens with two attached hydrogens (primary N) is 1. The first-order valence-electron chi connectivity index (χ1n) is 10.8. The van der Waals surface area contributed by atoms with Crippen molar-refractivity contribution < 1.29 is 9.53 Å². The molecule has 0 spiro atoms. The molecule has 0 aliphatic heterocycles. The van der Waals surface area contributed by atoms with E-state index in [4.69, 9.17) is 15.5 Å². The van der Waals surface area contributed by atoms with Gasteiger partial charge < -0.3 is 15.8 Å². The van der Waals surface area contributed by atoms with E-state index in [1.54, 1.807) is 13.2 Å². The SMILES string of the molecule is CO[C@@H]1CC[C@H](CNC(=O)c2cc(N)c3cc(C4CC4)cc(C(C)(C)C)c3n2)C1. The van der Waals surface area contributed by atoms with Crippen molar-refractivity contribution in [2.24, 2.45) is 5.92 Å². The standard InChI is InChI=1S/C24H33N3O2/c1-24(2,3)19-11-16(15-6-7-15)10-18-20(25)12-21(27-22(18)19)23(28)26-13-14-5-8-17(9-14)29-4/h10-12,14-15,17H,5-9,13H2,1-4H3,(H2,25,27)(H,26,28)/t14-,17+/m0/s1. The second-order valence-electron chi connectivity index (χ2n) is 9.83. The molecular weight excluding hydrogens is 362 g/mol. The Morgan fingerprint density at radius 3 is 2.59 bits per heavy atom. The summed E-state index contributed by atoms with van der Waals surface area (Å²) in [4.78, 5) is 17.6. The van der Waals surface area contributed by atoms with Crippen LogP contribution >= 0.6 is 0 Å². The van der Waals surface area contributed by atoms with E-state index < -0.39 is 0 Å². The summed E-state index contributed by atoms with van der Waals surface area (Å²) in [5, 5.41) is 4.03. The number of hydrogen-bond donors (Lipinski definition) is 2. The van der Waals surface area contributed by atoms with E-state index in [2.05, 4.69) is 38.2 Å². The van der Waals surface area contributed by atoms with E-state index in [0.29, 0.717) is 35.9 Å². The maximum atomic E-state index is 12.8. The largest absolute Gasteiger partial charge is 0.398 e. The van der Waals surface area contributed by atoms with Gasteiger partial charge in [-0.15, -0.1) is 0 Å². The number of carbonyl (C=O) groups is 1. The Balaban J connectivity index is 1.62. The fourth-order valence-electron chi connectivity index (χ4n) is 4.47. The molecule has 0 saturated heterocycles. The average Bonchev–Trinajstić information content (AvgIpc) is 3.42. The summed E-state index contributed by atoms with van der Waals surface area (Å²) in [5.41, 5.74) is 10.7. The van der Waals surface area contributed by atoms with Crippen molar-refractivity contribution in [2.75, 3.05) is 19.4 Å². The highest BCUT2D eigenvalue weighted by atomic mass is 16.5. The number of pyridine rings is 1. The fraction of sp³-hybridized carbons (Fsp3) is 0.583. The third-order valence-corrected chi connectivity index (χ3v) is 6.43. The van der Waals surface area contributed by atoms with Gasteiger partial charge in [0.2, 0.25) is 0 Å². The molecule has 2 aliphatic rings. The minimum Gasteiger partial charge on any atom is -0.398 e. The zero-order valence-electron chi connectivity index (χ0n) is 18.0. The number of anilines is 1. The van der Waals surface area contributed by atoms with Gasteiger partial charge in [0.1, 0.15) is 5.69 Å². The van der Waals surface area contributed by atoms with Crippen molar-refractivity contribution >= 4 is 22.5 Å². The zero-order valence-corrected chi connectivity index (χ0v) is 18.0. The predicted octanol–water partition coefficient (Wildman–Crippen LogP) is 4.54. The highest BCUT2D eigenvalue weighted by Gasteiger charge is 2.29. The number of nitrogens with one attached hydrogen (secondary N) is 1. The van der Waals surface area contributed by atoms with E-state index in [1.807, 2.05) is 0 Å². The van der Waals surface area contributed by atoms with Gasteiger partial charge in [0.15, 0.2) is 0 Å². The molecule has 156 valence electrons. The number of aromatic nitrogens is 1. The monoisotopic (exact) mass is 395 g/mol. The number of fused-ring (bicyclic) bond motifs is 1. The molecule has 1 aromatic carbocycles. The van der Waals surface area contributed by atoms with Crippen LogP contribution in [0.2, 0.25) is 0 Å². The van der Waals surface area contributed by atoms with Crippen LogP contribution in [0, 0.1) is 5.92 Å². The molecule has 2 saturated carbocycles. The molecule has 2 aromatic rings. The van der Waals surface area contributed by atoms with E-state index >= 15 is 0 Å². The summed E-state index contributed by atoms with van der Waals surface area (Å²) in [6.45, 7) is 7.23. The van der Waals surface area contributed by atoms with Crippen LogP contribution in [0.1, 0.15) is 80.4 Å². The van der Waals surface area contributed by atoms with Crippen LogP contribution in [0.3, 0.4) is 0 Å². The molecule has 0 radical (unpaired) electrons. The number of nitrogen functional groups attached to an aromatic ring is 1. The number of rotatable bonds is 5. The third kappa shape index (κ3) is 4.25. The van der Waals surface area contributed by atoms with Crippen LogP contribution < -0.4 is 11.1 Å². The number of amides is 1. The van der Waals surface area contributed by atoms with Gasteiger partial charge in [-0.1, -0.05) is 26.8 Å². The number of ether oxygens (including phenoxy) is 1. The van der Waals surface area contributed by atoms with E-state index in [0.717, 1.165) is 35.7 Å². The Morgan fingerprint density at radius 1 is 1.21 bits per heavy atom. The molecule has 3 N–H and O–H groups in total. The quantitative estimate of drug-likeness (QED) is 0.779. The summed E-state index contributed by atoms with van der Waals surface area (Å²) < 4.78 is 5.43. The minimum absolute atomic E-state index is 0.0727. The normalized spacial score (nSPS) is 22.2. The Hall–Kier alpha value is -2.14. The van der Waals surface area contributed by atoms with Crippen LogP contribution in [-0.4, -0.2) is 30.6 Å². The second kappa shape index (κ2) is 7.60. The molecule has 1 aromatic heterocycles. The molecule has 5 heteroatoms. The number of nitrogens with zero attached hydrogens (tertiary/aromatic N) is 1. The molecule has 2 fully saturated rings. The van der Waals surface area contributed by atoms with Gasteiger partial charge in [0.25, 0.3) is 5.91 Å². The number of carbonyl (C=O) groups excluding carboxylic acids is 1. The smallest absolute Gasteiger partial charge is 0.269 e. The van der Waals surface area contributed by atoms with Gasteiger partial charge in [0.05, 0.1) is 11.6 Å². The van der Waals surface area contributed by atoms with Gasteiger partial charge in [-0.25, -0.2) is 4.98 Å². The van der Waals surface area contributed by atoms with E-state index in [1.165, 1.54) is 18.4 Å². The minimum atomic E-state index is -0.148. The summed E-state index contributed by atoms with van der Waals surface area (Å²) >= 11 is 0. The average molecular weight is 396 g/mol. The van der Waals surface area contributed by atoms with E-state index in [9.17, 15) is 4.79 Å². The number of methoxy groups -OCH3 is 1. The summed E-state index contributed by atoms with van der Waals surface area (Å²) in [7, 11) is 1.76. The Bertz CT molecular complexity index is 928. The lowest BCUT2D eigenvalue weighted by atomic mass is 9.83. The first-order valence-corrected chi connectivity index (χ1v) is 10.8. The molecule has 1 amide bonds. The zero-order chi connectivity index (χ0) is 20.8. The van der Waals surface area contributed by atoms with Crippen molar-refractivity contribution in [2.45, 2.75) is 70.3 Å². The lowest BCUT2D eigenvalue weighted by Crippen LogP contribution is -2.29. The topological polar surface area (TPSA) is 77.2 Å². The van der Waals surface area contributed by atoms with Crippen LogP contribution in [-0.2, 0) is 10.2 Å². The van der Waals surface area contributed by atoms with Gasteiger partial charge in [-0.05, 0) is 72.6 Å². The summed E-state index contributed by atoms with van der Waals surface area (Å²) in [5.74, 6) is 0.962. The number of benzene rings is 1. The molecule has 5 nitrogen and oxygen atoms in total.